The van der Waals surface area contributed by atoms with Crippen LogP contribution in [0.5, 0.6) is 5.75 Å². The van der Waals surface area contributed by atoms with E-state index >= 15 is 0 Å². The standard InChI is InChI=1S/C16H24ClNO/c1-13-5-3-7-15(16(13)17)19-12-4-6-14-8-10-18(2)11-9-14/h3,5,7,14H,4,6,8-12H2,1-2H3. The van der Waals surface area contributed by atoms with Crippen LogP contribution in [0.4, 0.5) is 0 Å². The summed E-state index contributed by atoms with van der Waals surface area (Å²) in [5.41, 5.74) is 1.08. The molecule has 0 saturated carbocycles. The zero-order chi connectivity index (χ0) is 13.7. The maximum atomic E-state index is 6.21. The van der Waals surface area contributed by atoms with Crippen LogP contribution in [0, 0.1) is 12.8 Å². The number of piperidine rings is 1. The van der Waals surface area contributed by atoms with Crippen LogP contribution in [0.3, 0.4) is 0 Å². The lowest BCUT2D eigenvalue weighted by Crippen LogP contribution is -2.30. The molecular formula is C16H24ClNO. The number of hydrogen-bond acceptors (Lipinski definition) is 2. The van der Waals surface area contributed by atoms with Crippen molar-refractivity contribution < 1.29 is 4.74 Å². The molecule has 3 heteroatoms. The van der Waals surface area contributed by atoms with Crippen molar-refractivity contribution in [2.75, 3.05) is 26.7 Å². The van der Waals surface area contributed by atoms with Crippen molar-refractivity contribution >= 4 is 11.6 Å². The van der Waals surface area contributed by atoms with Gasteiger partial charge < -0.3 is 9.64 Å². The Hall–Kier alpha value is -0.730. The van der Waals surface area contributed by atoms with Gasteiger partial charge in [0.2, 0.25) is 0 Å². The molecule has 0 spiro atoms. The molecule has 2 nitrogen and oxygen atoms in total. The van der Waals surface area contributed by atoms with E-state index in [9.17, 15) is 0 Å². The summed E-state index contributed by atoms with van der Waals surface area (Å²) in [5.74, 6) is 1.71. The minimum absolute atomic E-state index is 0.752. The number of rotatable bonds is 5. The molecule has 106 valence electrons. The number of benzene rings is 1. The third-order valence-electron chi connectivity index (χ3n) is 4.01. The first kappa shape index (κ1) is 14.7. The topological polar surface area (TPSA) is 12.5 Å². The Morgan fingerprint density at radius 3 is 2.79 bits per heavy atom. The molecule has 19 heavy (non-hydrogen) atoms. The van der Waals surface area contributed by atoms with Gasteiger partial charge in [0, 0.05) is 0 Å². The molecule has 0 N–H and O–H groups in total. The van der Waals surface area contributed by atoms with E-state index in [1.54, 1.807) is 0 Å². The molecule has 1 saturated heterocycles. The second kappa shape index (κ2) is 7.16. The Balaban J connectivity index is 1.68. The van der Waals surface area contributed by atoms with E-state index < -0.39 is 0 Å². The van der Waals surface area contributed by atoms with Gasteiger partial charge in [0.1, 0.15) is 5.75 Å². The monoisotopic (exact) mass is 281 g/mol. The van der Waals surface area contributed by atoms with Crippen LogP contribution in [-0.4, -0.2) is 31.6 Å². The van der Waals surface area contributed by atoms with Crippen LogP contribution in [0.15, 0.2) is 18.2 Å². The number of ether oxygens (including phenoxy) is 1. The Labute approximate surface area is 121 Å². The number of hydrogen-bond donors (Lipinski definition) is 0. The van der Waals surface area contributed by atoms with Gasteiger partial charge in [0.05, 0.1) is 11.6 Å². The number of nitrogens with zero attached hydrogens (tertiary/aromatic N) is 1. The highest BCUT2D eigenvalue weighted by Gasteiger charge is 2.16. The fourth-order valence-corrected chi connectivity index (χ4v) is 2.82. The fourth-order valence-electron chi connectivity index (χ4n) is 2.64. The summed E-state index contributed by atoms with van der Waals surface area (Å²) in [6, 6.07) is 5.95. The fraction of sp³-hybridized carbons (Fsp3) is 0.625. The largest absolute Gasteiger partial charge is 0.492 e. The average molecular weight is 282 g/mol. The van der Waals surface area contributed by atoms with Gasteiger partial charge in [-0.25, -0.2) is 0 Å². The van der Waals surface area contributed by atoms with E-state index in [1.165, 1.54) is 32.4 Å². The average Bonchev–Trinajstić information content (AvgIpc) is 2.41. The molecule has 1 aliphatic heterocycles. The SMILES string of the molecule is Cc1cccc(OCCCC2CCN(C)CC2)c1Cl. The Morgan fingerprint density at radius 2 is 2.05 bits per heavy atom. The van der Waals surface area contributed by atoms with E-state index in [2.05, 4.69) is 11.9 Å². The summed E-state index contributed by atoms with van der Waals surface area (Å²) in [4.78, 5) is 2.42. The van der Waals surface area contributed by atoms with E-state index in [1.807, 2.05) is 25.1 Å². The molecule has 0 bridgehead atoms. The van der Waals surface area contributed by atoms with E-state index in [-0.39, 0.29) is 0 Å². The molecule has 1 aromatic carbocycles. The van der Waals surface area contributed by atoms with Gasteiger partial charge in [-0.15, -0.1) is 0 Å². The molecule has 0 aromatic heterocycles. The summed E-state index contributed by atoms with van der Waals surface area (Å²) >= 11 is 6.21. The van der Waals surface area contributed by atoms with Gasteiger partial charge in [-0.3, -0.25) is 0 Å². The molecule has 1 fully saturated rings. The molecule has 0 amide bonds. The third-order valence-corrected chi connectivity index (χ3v) is 4.49. The summed E-state index contributed by atoms with van der Waals surface area (Å²) in [7, 11) is 2.21. The first-order chi connectivity index (χ1) is 9.16. The van der Waals surface area contributed by atoms with Crippen molar-refractivity contribution in [3.63, 3.8) is 0 Å². The zero-order valence-electron chi connectivity index (χ0n) is 12.0. The second-order valence-electron chi connectivity index (χ2n) is 5.62. The van der Waals surface area contributed by atoms with Crippen LogP contribution in [0.1, 0.15) is 31.2 Å². The van der Waals surface area contributed by atoms with Gasteiger partial charge >= 0.3 is 0 Å². The maximum Gasteiger partial charge on any atom is 0.138 e. The predicted octanol–water partition coefficient (Wildman–Crippen LogP) is 4.15. The summed E-state index contributed by atoms with van der Waals surface area (Å²) in [6.45, 7) is 5.27. The number of halogens is 1. The Morgan fingerprint density at radius 1 is 1.32 bits per heavy atom. The van der Waals surface area contributed by atoms with Gasteiger partial charge in [-0.2, -0.15) is 0 Å². The van der Waals surface area contributed by atoms with Crippen molar-refractivity contribution in [1.29, 1.82) is 0 Å². The predicted molar refractivity (Wildman–Crippen MR) is 81.1 cm³/mol. The third kappa shape index (κ3) is 4.39. The molecule has 1 heterocycles. The lowest BCUT2D eigenvalue weighted by Gasteiger charge is -2.28. The summed E-state index contributed by atoms with van der Waals surface area (Å²) < 4.78 is 5.79. The molecule has 1 aromatic rings. The van der Waals surface area contributed by atoms with Crippen LogP contribution < -0.4 is 4.74 Å². The van der Waals surface area contributed by atoms with Crippen LogP contribution in [-0.2, 0) is 0 Å². The lowest BCUT2D eigenvalue weighted by molar-refractivity contribution is 0.200. The molecule has 2 rings (SSSR count). The molecule has 0 radical (unpaired) electrons. The molecule has 0 aliphatic carbocycles. The van der Waals surface area contributed by atoms with Crippen LogP contribution in [0.2, 0.25) is 5.02 Å². The quantitative estimate of drug-likeness (QED) is 0.752. The molecular weight excluding hydrogens is 258 g/mol. The van der Waals surface area contributed by atoms with Crippen molar-refractivity contribution in [3.05, 3.63) is 28.8 Å². The van der Waals surface area contributed by atoms with Gasteiger partial charge in [-0.05, 0) is 70.3 Å². The summed E-state index contributed by atoms with van der Waals surface area (Å²) in [5, 5.41) is 0.752. The van der Waals surface area contributed by atoms with E-state index in [4.69, 9.17) is 16.3 Å². The van der Waals surface area contributed by atoms with Crippen LogP contribution in [0.25, 0.3) is 0 Å². The minimum atomic E-state index is 0.752. The molecule has 1 aliphatic rings. The molecule has 0 unspecified atom stereocenters. The normalized spacial score (nSPS) is 17.6. The number of aryl methyl sites for hydroxylation is 1. The van der Waals surface area contributed by atoms with Crippen molar-refractivity contribution in [2.45, 2.75) is 32.6 Å². The van der Waals surface area contributed by atoms with Gasteiger partial charge in [0.25, 0.3) is 0 Å². The lowest BCUT2D eigenvalue weighted by atomic mass is 9.93. The summed E-state index contributed by atoms with van der Waals surface area (Å²) in [6.07, 6.45) is 5.07. The first-order valence-electron chi connectivity index (χ1n) is 7.23. The van der Waals surface area contributed by atoms with E-state index in [0.29, 0.717) is 0 Å². The van der Waals surface area contributed by atoms with Gasteiger partial charge in [-0.1, -0.05) is 23.7 Å². The van der Waals surface area contributed by atoms with Crippen molar-refractivity contribution in [1.82, 2.24) is 4.90 Å². The highest BCUT2D eigenvalue weighted by atomic mass is 35.5. The first-order valence-corrected chi connectivity index (χ1v) is 7.61. The molecule has 0 atom stereocenters. The number of likely N-dealkylation sites (tertiary alicyclic amines) is 1. The van der Waals surface area contributed by atoms with Crippen LogP contribution >= 0.6 is 11.6 Å². The maximum absolute atomic E-state index is 6.21. The smallest absolute Gasteiger partial charge is 0.138 e. The Bertz CT molecular complexity index is 400. The highest BCUT2D eigenvalue weighted by Crippen LogP contribution is 2.28. The van der Waals surface area contributed by atoms with Crippen molar-refractivity contribution in [2.24, 2.45) is 5.92 Å². The van der Waals surface area contributed by atoms with E-state index in [0.717, 1.165) is 35.3 Å². The highest BCUT2D eigenvalue weighted by molar-refractivity contribution is 6.32. The second-order valence-corrected chi connectivity index (χ2v) is 6.00. The Kier molecular flexibility index (Phi) is 5.53. The van der Waals surface area contributed by atoms with Crippen molar-refractivity contribution in [3.8, 4) is 5.75 Å². The zero-order valence-corrected chi connectivity index (χ0v) is 12.7. The minimum Gasteiger partial charge on any atom is -0.492 e. The van der Waals surface area contributed by atoms with Gasteiger partial charge in [0.15, 0.2) is 0 Å².